The fourth-order valence-electron chi connectivity index (χ4n) is 3.26. The average molecular weight is 366 g/mol. The van der Waals surface area contributed by atoms with Crippen LogP contribution in [0.2, 0.25) is 0 Å². The van der Waals surface area contributed by atoms with Crippen LogP contribution < -0.4 is 10.6 Å². The number of methoxy groups -OCH3 is 1. The molecule has 2 aromatic carbocycles. The second-order valence-corrected chi connectivity index (χ2v) is 7.03. The number of carbonyl (C=O) groups is 2. The number of aryl methyl sites for hydroxylation is 1. The lowest BCUT2D eigenvalue weighted by molar-refractivity contribution is -0.123. The van der Waals surface area contributed by atoms with Gasteiger partial charge in [-0.25, -0.2) is 0 Å². The molecule has 0 aromatic heterocycles. The highest BCUT2D eigenvalue weighted by Crippen LogP contribution is 2.48. The van der Waals surface area contributed by atoms with Gasteiger partial charge in [0.1, 0.15) is 0 Å². The minimum absolute atomic E-state index is 0.0790. The Hall–Kier alpha value is -2.66. The molecular weight excluding hydrogens is 340 g/mol. The monoisotopic (exact) mass is 366 g/mol. The minimum Gasteiger partial charge on any atom is -0.385 e. The minimum atomic E-state index is -0.411. The Labute approximate surface area is 160 Å². The molecule has 2 N–H and O–H groups in total. The van der Waals surface area contributed by atoms with E-state index in [9.17, 15) is 9.59 Å². The predicted octanol–water partition coefficient (Wildman–Crippen LogP) is 3.43. The van der Waals surface area contributed by atoms with E-state index < -0.39 is 5.41 Å². The maximum atomic E-state index is 12.6. The van der Waals surface area contributed by atoms with E-state index >= 15 is 0 Å². The second kappa shape index (κ2) is 8.35. The van der Waals surface area contributed by atoms with Gasteiger partial charge in [0.05, 0.1) is 5.41 Å². The number of hydrogen-bond donors (Lipinski definition) is 2. The highest BCUT2D eigenvalue weighted by atomic mass is 16.5. The smallest absolute Gasteiger partial charge is 0.255 e. The molecule has 1 saturated carbocycles. The van der Waals surface area contributed by atoms with Gasteiger partial charge in [-0.1, -0.05) is 30.3 Å². The Morgan fingerprint density at radius 3 is 2.41 bits per heavy atom. The highest BCUT2D eigenvalue weighted by Gasteiger charge is 2.50. The van der Waals surface area contributed by atoms with E-state index in [0.29, 0.717) is 18.7 Å². The van der Waals surface area contributed by atoms with Gasteiger partial charge in [0.2, 0.25) is 5.91 Å². The molecule has 0 heterocycles. The molecule has 0 atom stereocenters. The zero-order chi connectivity index (χ0) is 19.3. The molecule has 142 valence electrons. The number of nitrogens with one attached hydrogen (secondary N) is 2. The zero-order valence-electron chi connectivity index (χ0n) is 15.9. The summed E-state index contributed by atoms with van der Waals surface area (Å²) in [5.41, 5.74) is 2.92. The van der Waals surface area contributed by atoms with E-state index in [0.717, 1.165) is 36.1 Å². The van der Waals surface area contributed by atoms with Gasteiger partial charge in [-0.2, -0.15) is 0 Å². The third kappa shape index (κ3) is 4.37. The normalized spacial score (nSPS) is 14.4. The summed E-state index contributed by atoms with van der Waals surface area (Å²) in [6.07, 6.45) is 2.53. The fourth-order valence-corrected chi connectivity index (χ4v) is 3.26. The van der Waals surface area contributed by atoms with Gasteiger partial charge in [0.25, 0.3) is 5.91 Å². The summed E-state index contributed by atoms with van der Waals surface area (Å²) in [6, 6.07) is 15.1. The van der Waals surface area contributed by atoms with Crippen LogP contribution in [-0.4, -0.2) is 32.1 Å². The molecule has 1 aliphatic rings. The molecule has 5 heteroatoms. The second-order valence-electron chi connectivity index (χ2n) is 7.03. The van der Waals surface area contributed by atoms with Crippen molar-refractivity contribution in [3.63, 3.8) is 0 Å². The number of ether oxygens (including phenoxy) is 1. The van der Waals surface area contributed by atoms with Crippen LogP contribution in [0.15, 0.2) is 48.5 Å². The summed E-state index contributed by atoms with van der Waals surface area (Å²) in [5.74, 6) is -0.0480. The van der Waals surface area contributed by atoms with Crippen molar-refractivity contribution >= 4 is 17.5 Å². The first kappa shape index (κ1) is 19.1. The van der Waals surface area contributed by atoms with Crippen LogP contribution in [0.3, 0.4) is 0 Å². The molecule has 27 heavy (non-hydrogen) atoms. The Morgan fingerprint density at radius 1 is 1.07 bits per heavy atom. The first-order valence-corrected chi connectivity index (χ1v) is 9.31. The number of hydrogen-bond acceptors (Lipinski definition) is 3. The van der Waals surface area contributed by atoms with E-state index in [-0.39, 0.29) is 11.8 Å². The lowest BCUT2D eigenvalue weighted by Crippen LogP contribution is -2.35. The summed E-state index contributed by atoms with van der Waals surface area (Å²) in [4.78, 5) is 25.0. The van der Waals surface area contributed by atoms with Crippen LogP contribution in [0, 0.1) is 6.92 Å². The summed E-state index contributed by atoms with van der Waals surface area (Å²) < 4.78 is 5.01. The third-order valence-corrected chi connectivity index (χ3v) is 5.08. The number of anilines is 1. The average Bonchev–Trinajstić information content (AvgIpc) is 3.48. The van der Waals surface area contributed by atoms with E-state index in [1.165, 1.54) is 0 Å². The van der Waals surface area contributed by atoms with Crippen molar-refractivity contribution in [2.45, 2.75) is 31.6 Å². The summed E-state index contributed by atoms with van der Waals surface area (Å²) >= 11 is 0. The number of benzene rings is 2. The lowest BCUT2D eigenvalue weighted by Gasteiger charge is -2.16. The van der Waals surface area contributed by atoms with E-state index in [2.05, 4.69) is 10.6 Å². The van der Waals surface area contributed by atoms with Crippen molar-refractivity contribution in [1.82, 2.24) is 5.32 Å². The number of carbonyl (C=O) groups excluding carboxylic acids is 2. The van der Waals surface area contributed by atoms with Crippen LogP contribution >= 0.6 is 0 Å². The standard InChI is InChI=1S/C22H26N2O3/c1-16-6-3-4-7-19(16)20(25)24-18-10-8-17(9-11-18)22(12-13-22)21(26)23-14-5-15-27-2/h3-4,6-11H,5,12-15H2,1-2H3,(H,23,26)(H,24,25). The molecule has 1 fully saturated rings. The maximum absolute atomic E-state index is 12.6. The quantitative estimate of drug-likeness (QED) is 0.704. The van der Waals surface area contributed by atoms with Gasteiger partial charge in [-0.05, 0) is 55.5 Å². The van der Waals surface area contributed by atoms with Crippen molar-refractivity contribution in [3.8, 4) is 0 Å². The highest BCUT2D eigenvalue weighted by molar-refractivity contribution is 6.05. The first-order valence-electron chi connectivity index (χ1n) is 9.31. The third-order valence-electron chi connectivity index (χ3n) is 5.08. The van der Waals surface area contributed by atoms with Crippen molar-refractivity contribution in [2.24, 2.45) is 0 Å². The summed E-state index contributed by atoms with van der Waals surface area (Å²) in [5, 5.41) is 5.93. The molecule has 0 saturated heterocycles. The molecule has 3 rings (SSSR count). The molecule has 2 aromatic rings. The van der Waals surface area contributed by atoms with E-state index in [1.807, 2.05) is 55.5 Å². The molecule has 0 spiro atoms. The van der Waals surface area contributed by atoms with Crippen molar-refractivity contribution in [3.05, 3.63) is 65.2 Å². The SMILES string of the molecule is COCCCNC(=O)C1(c2ccc(NC(=O)c3ccccc3C)cc2)CC1. The van der Waals surface area contributed by atoms with Crippen LogP contribution in [0.5, 0.6) is 0 Å². The fraction of sp³-hybridized carbons (Fsp3) is 0.364. The van der Waals surface area contributed by atoms with Gasteiger partial charge in [0, 0.05) is 31.5 Å². The van der Waals surface area contributed by atoms with E-state index in [4.69, 9.17) is 4.74 Å². The molecule has 0 bridgehead atoms. The Bertz CT molecular complexity index is 811. The van der Waals surface area contributed by atoms with Gasteiger partial charge >= 0.3 is 0 Å². The number of rotatable bonds is 8. The van der Waals surface area contributed by atoms with Gasteiger partial charge in [-0.15, -0.1) is 0 Å². The largest absolute Gasteiger partial charge is 0.385 e. The van der Waals surface area contributed by atoms with Gasteiger partial charge < -0.3 is 15.4 Å². The number of amides is 2. The van der Waals surface area contributed by atoms with Crippen LogP contribution in [0.1, 0.15) is 40.7 Å². The molecule has 1 aliphatic carbocycles. The lowest BCUT2D eigenvalue weighted by atomic mass is 9.94. The first-order chi connectivity index (χ1) is 13.1. The Balaban J connectivity index is 1.62. The maximum Gasteiger partial charge on any atom is 0.255 e. The van der Waals surface area contributed by atoms with Crippen molar-refractivity contribution in [1.29, 1.82) is 0 Å². The molecular formula is C22H26N2O3. The zero-order valence-corrected chi connectivity index (χ0v) is 15.9. The Morgan fingerprint density at radius 2 is 1.78 bits per heavy atom. The van der Waals surface area contributed by atoms with Crippen molar-refractivity contribution in [2.75, 3.05) is 25.6 Å². The molecule has 5 nitrogen and oxygen atoms in total. The summed E-state index contributed by atoms with van der Waals surface area (Å²) in [7, 11) is 1.66. The Kier molecular flexibility index (Phi) is 5.91. The molecule has 0 unspecified atom stereocenters. The van der Waals surface area contributed by atoms with Gasteiger partial charge in [-0.3, -0.25) is 9.59 Å². The topological polar surface area (TPSA) is 67.4 Å². The van der Waals surface area contributed by atoms with Crippen LogP contribution in [0.4, 0.5) is 5.69 Å². The van der Waals surface area contributed by atoms with Crippen LogP contribution in [0.25, 0.3) is 0 Å². The molecule has 2 amide bonds. The summed E-state index contributed by atoms with van der Waals surface area (Å²) in [6.45, 7) is 3.18. The van der Waals surface area contributed by atoms with Crippen molar-refractivity contribution < 1.29 is 14.3 Å². The van der Waals surface area contributed by atoms with E-state index in [1.54, 1.807) is 7.11 Å². The molecule has 0 radical (unpaired) electrons. The molecule has 0 aliphatic heterocycles. The van der Waals surface area contributed by atoms with Crippen LogP contribution in [-0.2, 0) is 14.9 Å². The van der Waals surface area contributed by atoms with Gasteiger partial charge in [0.15, 0.2) is 0 Å². The predicted molar refractivity (Wildman–Crippen MR) is 106 cm³/mol.